The van der Waals surface area contributed by atoms with Crippen molar-refractivity contribution in [3.63, 3.8) is 0 Å². The summed E-state index contributed by atoms with van der Waals surface area (Å²) in [5.74, 6) is 10.9. The van der Waals surface area contributed by atoms with Crippen LogP contribution in [0, 0.1) is 17.2 Å². The minimum atomic E-state index is -0.508. The van der Waals surface area contributed by atoms with Crippen molar-refractivity contribution in [2.75, 3.05) is 0 Å². The maximum Gasteiger partial charge on any atom is 1.00 e. The van der Waals surface area contributed by atoms with E-state index in [0.717, 1.165) is 17.5 Å². The molecule has 0 atom stereocenters. The van der Waals surface area contributed by atoms with Crippen LogP contribution in [0.5, 0.6) is 0 Å². The SMILES string of the molecule is CC(C)(C)C#C[B-](C1CCCCC1)(C1CCCCC1)C1CCCCC1.[Li+]. The van der Waals surface area contributed by atoms with E-state index in [-0.39, 0.29) is 24.3 Å². The second-order valence-corrected chi connectivity index (χ2v) is 10.8. The van der Waals surface area contributed by atoms with Crippen LogP contribution in [0.1, 0.15) is 117 Å². The molecule has 142 valence electrons. The molecule has 0 aliphatic heterocycles. The predicted molar refractivity (Wildman–Crippen MR) is 113 cm³/mol. The first kappa shape index (κ1) is 22.5. The summed E-state index contributed by atoms with van der Waals surface area (Å²) in [7, 11) is 0. The smallest absolute Gasteiger partial charge is 0.313 e. The van der Waals surface area contributed by atoms with E-state index in [0.29, 0.717) is 0 Å². The van der Waals surface area contributed by atoms with Crippen molar-refractivity contribution < 1.29 is 18.9 Å². The summed E-state index contributed by atoms with van der Waals surface area (Å²) in [4.78, 5) is 0. The normalized spacial score (nSPS) is 24.4. The molecule has 0 radical (unpaired) electrons. The van der Waals surface area contributed by atoms with Gasteiger partial charge in [0.15, 0.2) is 0 Å². The van der Waals surface area contributed by atoms with E-state index in [4.69, 9.17) is 0 Å². The van der Waals surface area contributed by atoms with Crippen LogP contribution < -0.4 is 18.9 Å². The molecule has 0 heterocycles. The van der Waals surface area contributed by atoms with E-state index in [1.54, 1.807) is 0 Å². The second kappa shape index (κ2) is 10.1. The fourth-order valence-electron chi connectivity index (χ4n) is 6.91. The van der Waals surface area contributed by atoms with E-state index in [1.165, 1.54) is 96.3 Å². The van der Waals surface area contributed by atoms with Gasteiger partial charge in [-0.3, -0.25) is 0 Å². The monoisotopic (exact) mass is 348 g/mol. The molecule has 0 aromatic rings. The summed E-state index contributed by atoms with van der Waals surface area (Å²) in [6.07, 6.45) is 21.7. The number of hydrogen-bond acceptors (Lipinski definition) is 0. The molecule has 3 aliphatic rings. The average molecular weight is 348 g/mol. The topological polar surface area (TPSA) is 0 Å². The zero-order chi connectivity index (χ0) is 17.8. The Kier molecular flexibility index (Phi) is 8.77. The molecule has 3 rings (SSSR count). The van der Waals surface area contributed by atoms with Gasteiger partial charge in [-0.25, -0.2) is 0 Å². The molecule has 3 aliphatic carbocycles. The first-order valence-corrected chi connectivity index (χ1v) is 11.7. The van der Waals surface area contributed by atoms with Gasteiger partial charge in [0.1, 0.15) is 0 Å². The zero-order valence-electron chi connectivity index (χ0n) is 18.4. The minimum Gasteiger partial charge on any atom is -0.313 e. The maximum absolute atomic E-state index is 4.19. The van der Waals surface area contributed by atoms with Crippen molar-refractivity contribution in [2.45, 2.75) is 135 Å². The Morgan fingerprint density at radius 3 is 1.15 bits per heavy atom. The van der Waals surface area contributed by atoms with Gasteiger partial charge in [-0.05, 0) is 20.8 Å². The third kappa shape index (κ3) is 5.39. The van der Waals surface area contributed by atoms with Gasteiger partial charge >= 0.3 is 18.9 Å². The first-order chi connectivity index (χ1) is 12.0. The van der Waals surface area contributed by atoms with Crippen molar-refractivity contribution >= 4 is 6.15 Å². The molecule has 26 heavy (non-hydrogen) atoms. The molecule has 0 N–H and O–H groups in total. The van der Waals surface area contributed by atoms with Gasteiger partial charge in [-0.1, -0.05) is 96.3 Å². The molecule has 3 saturated carbocycles. The van der Waals surface area contributed by atoms with Crippen LogP contribution in [0.4, 0.5) is 0 Å². The molecule has 0 aromatic carbocycles. The summed E-state index contributed by atoms with van der Waals surface area (Å²) >= 11 is 0. The molecule has 2 heteroatoms. The molecule has 0 spiro atoms. The van der Waals surface area contributed by atoms with Crippen molar-refractivity contribution in [1.82, 2.24) is 0 Å². The van der Waals surface area contributed by atoms with Gasteiger partial charge in [0.25, 0.3) is 0 Å². The van der Waals surface area contributed by atoms with Crippen LogP contribution in [0.25, 0.3) is 0 Å². The molecule has 0 bridgehead atoms. The van der Waals surface area contributed by atoms with Gasteiger partial charge in [-0.15, -0.1) is 5.92 Å². The third-order valence-electron chi connectivity index (χ3n) is 7.99. The second-order valence-electron chi connectivity index (χ2n) is 10.8. The Hall–Kier alpha value is 0.222. The maximum atomic E-state index is 4.19. The van der Waals surface area contributed by atoms with Crippen molar-refractivity contribution in [1.29, 1.82) is 0 Å². The summed E-state index contributed by atoms with van der Waals surface area (Å²) in [6, 6.07) is 0. The van der Waals surface area contributed by atoms with E-state index in [1.807, 2.05) is 0 Å². The largest absolute Gasteiger partial charge is 1.00 e. The molecule has 0 amide bonds. The van der Waals surface area contributed by atoms with Crippen LogP contribution >= 0.6 is 0 Å². The van der Waals surface area contributed by atoms with Gasteiger partial charge < -0.3 is 5.82 Å². The van der Waals surface area contributed by atoms with Crippen molar-refractivity contribution in [3.05, 3.63) is 0 Å². The Labute approximate surface area is 176 Å². The summed E-state index contributed by atoms with van der Waals surface area (Å²) in [5, 5.41) is 0. The quantitative estimate of drug-likeness (QED) is 0.496. The van der Waals surface area contributed by atoms with Crippen LogP contribution in [-0.4, -0.2) is 6.15 Å². The predicted octanol–water partition coefficient (Wildman–Crippen LogP) is 5.03. The fourth-order valence-corrected chi connectivity index (χ4v) is 6.91. The summed E-state index contributed by atoms with van der Waals surface area (Å²) in [6.45, 7) is 6.97. The molecule has 0 saturated heterocycles. The molecule has 3 fully saturated rings. The van der Waals surface area contributed by atoms with Crippen molar-refractivity contribution in [2.24, 2.45) is 5.41 Å². The molecule has 0 aromatic heterocycles. The zero-order valence-corrected chi connectivity index (χ0v) is 18.4. The van der Waals surface area contributed by atoms with E-state index < -0.39 is 6.15 Å². The summed E-state index contributed by atoms with van der Waals surface area (Å²) in [5.41, 5.74) is 0.158. The summed E-state index contributed by atoms with van der Waals surface area (Å²) < 4.78 is 0. The molecular weight excluding hydrogens is 306 g/mol. The van der Waals surface area contributed by atoms with Crippen LogP contribution in [0.15, 0.2) is 0 Å². The Morgan fingerprint density at radius 1 is 0.577 bits per heavy atom. The van der Waals surface area contributed by atoms with Gasteiger partial charge in [0.2, 0.25) is 0 Å². The van der Waals surface area contributed by atoms with E-state index >= 15 is 0 Å². The van der Waals surface area contributed by atoms with Crippen LogP contribution in [0.3, 0.4) is 0 Å². The first-order valence-electron chi connectivity index (χ1n) is 11.7. The molecule has 0 unspecified atom stereocenters. The number of rotatable bonds is 3. The Morgan fingerprint density at radius 2 is 0.885 bits per heavy atom. The molecule has 0 nitrogen and oxygen atoms in total. The molecular formula is C24H42BLi. The van der Waals surface area contributed by atoms with Gasteiger partial charge in [-0.2, -0.15) is 17.5 Å². The van der Waals surface area contributed by atoms with E-state index in [2.05, 4.69) is 32.5 Å². The van der Waals surface area contributed by atoms with Crippen LogP contribution in [-0.2, 0) is 0 Å². The average Bonchev–Trinajstić information content (AvgIpc) is 2.64. The fraction of sp³-hybridized carbons (Fsp3) is 0.917. The van der Waals surface area contributed by atoms with Gasteiger partial charge in [0, 0.05) is 5.41 Å². The third-order valence-corrected chi connectivity index (χ3v) is 7.99. The van der Waals surface area contributed by atoms with Gasteiger partial charge in [0.05, 0.1) is 6.15 Å². The Bertz CT molecular complexity index is 417. The van der Waals surface area contributed by atoms with E-state index in [9.17, 15) is 0 Å². The van der Waals surface area contributed by atoms with Crippen LogP contribution in [0.2, 0.25) is 17.5 Å². The standard InChI is InChI=1S/C24H42B.Li/c1-24(2,3)19-20-25(21-13-7-4-8-14-21,22-15-9-5-10-16-22)23-17-11-6-12-18-23;/h21-23H,4-18H2,1-3H3;/q-1;+1. The Balaban J connectivity index is 0.00000243. The van der Waals surface area contributed by atoms with Crippen molar-refractivity contribution in [3.8, 4) is 11.7 Å². The number of hydrogen-bond donors (Lipinski definition) is 0. The minimum absolute atomic E-state index is 0.